The maximum absolute atomic E-state index is 11.4. The summed E-state index contributed by atoms with van der Waals surface area (Å²) in [6.07, 6.45) is 0. The van der Waals surface area contributed by atoms with Crippen LogP contribution in [0.2, 0.25) is 0 Å². The van der Waals surface area contributed by atoms with Gasteiger partial charge in [-0.25, -0.2) is 0 Å². The lowest BCUT2D eigenvalue weighted by Gasteiger charge is -2.17. The van der Waals surface area contributed by atoms with Crippen molar-refractivity contribution in [3.05, 3.63) is 0 Å². The van der Waals surface area contributed by atoms with E-state index in [1.54, 1.807) is 13.8 Å². The summed E-state index contributed by atoms with van der Waals surface area (Å²) in [6.45, 7) is 5.53. The molecule has 0 saturated carbocycles. The molecule has 0 aliphatic rings. The van der Waals surface area contributed by atoms with E-state index in [4.69, 9.17) is 5.11 Å². The fourth-order valence-electron chi connectivity index (χ4n) is 1.31. The molecule has 0 aromatic heterocycles. The standard InChI is InChI=1S/C11H21N3O4/c1-7(2)10(11(17)18)14-6-9(16)13-5-4-12-8(3)15/h7,10,14H,4-6H2,1-3H3,(H,12,15)(H,13,16)(H,17,18). The molecule has 0 rings (SSSR count). The third-order valence-corrected chi connectivity index (χ3v) is 2.24. The van der Waals surface area contributed by atoms with Crippen LogP contribution in [-0.4, -0.2) is 48.6 Å². The lowest BCUT2D eigenvalue weighted by molar-refractivity contribution is -0.140. The van der Waals surface area contributed by atoms with E-state index in [0.29, 0.717) is 13.1 Å². The lowest BCUT2D eigenvalue weighted by atomic mass is 10.1. The molecular weight excluding hydrogens is 238 g/mol. The minimum Gasteiger partial charge on any atom is -0.480 e. The third kappa shape index (κ3) is 7.61. The molecule has 0 spiro atoms. The highest BCUT2D eigenvalue weighted by atomic mass is 16.4. The summed E-state index contributed by atoms with van der Waals surface area (Å²) in [5, 5.41) is 16.7. The first-order valence-electron chi connectivity index (χ1n) is 5.82. The summed E-state index contributed by atoms with van der Waals surface area (Å²) >= 11 is 0. The van der Waals surface area contributed by atoms with Gasteiger partial charge in [0, 0.05) is 20.0 Å². The number of amides is 2. The number of carbonyl (C=O) groups excluding carboxylic acids is 2. The Bertz CT molecular complexity index is 305. The summed E-state index contributed by atoms with van der Waals surface area (Å²) in [5.74, 6) is -1.54. The predicted molar refractivity (Wildman–Crippen MR) is 66.0 cm³/mol. The summed E-state index contributed by atoms with van der Waals surface area (Å²) < 4.78 is 0. The van der Waals surface area contributed by atoms with Gasteiger partial charge < -0.3 is 15.7 Å². The molecule has 7 nitrogen and oxygen atoms in total. The first-order chi connectivity index (χ1) is 8.34. The highest BCUT2D eigenvalue weighted by Crippen LogP contribution is 2.00. The molecular formula is C11H21N3O4. The van der Waals surface area contributed by atoms with Crippen LogP contribution in [0.1, 0.15) is 20.8 Å². The topological polar surface area (TPSA) is 108 Å². The molecule has 0 bridgehead atoms. The van der Waals surface area contributed by atoms with Crippen molar-refractivity contribution in [1.29, 1.82) is 0 Å². The van der Waals surface area contributed by atoms with E-state index >= 15 is 0 Å². The first kappa shape index (κ1) is 16.4. The van der Waals surface area contributed by atoms with Crippen LogP contribution in [0.5, 0.6) is 0 Å². The van der Waals surface area contributed by atoms with Crippen molar-refractivity contribution in [2.24, 2.45) is 5.92 Å². The molecule has 0 fully saturated rings. The normalized spacial score (nSPS) is 12.0. The number of carboxylic acid groups (broad SMARTS) is 1. The van der Waals surface area contributed by atoms with E-state index in [0.717, 1.165) is 0 Å². The zero-order valence-corrected chi connectivity index (χ0v) is 10.9. The van der Waals surface area contributed by atoms with Crippen molar-refractivity contribution in [3.63, 3.8) is 0 Å². The van der Waals surface area contributed by atoms with Crippen LogP contribution in [0.15, 0.2) is 0 Å². The molecule has 4 N–H and O–H groups in total. The van der Waals surface area contributed by atoms with Crippen LogP contribution in [0.25, 0.3) is 0 Å². The third-order valence-electron chi connectivity index (χ3n) is 2.24. The zero-order chi connectivity index (χ0) is 14.1. The van der Waals surface area contributed by atoms with Gasteiger partial charge in [0.2, 0.25) is 11.8 Å². The molecule has 1 atom stereocenters. The van der Waals surface area contributed by atoms with E-state index in [1.807, 2.05) is 0 Å². The van der Waals surface area contributed by atoms with E-state index in [2.05, 4.69) is 16.0 Å². The number of hydrogen-bond donors (Lipinski definition) is 4. The fraction of sp³-hybridized carbons (Fsp3) is 0.727. The number of hydrogen-bond acceptors (Lipinski definition) is 4. The molecule has 0 aliphatic heterocycles. The van der Waals surface area contributed by atoms with Crippen molar-refractivity contribution in [3.8, 4) is 0 Å². The Morgan fingerprint density at radius 1 is 1.11 bits per heavy atom. The van der Waals surface area contributed by atoms with Gasteiger partial charge in [0.05, 0.1) is 6.54 Å². The van der Waals surface area contributed by atoms with Gasteiger partial charge in [-0.15, -0.1) is 0 Å². The van der Waals surface area contributed by atoms with Crippen molar-refractivity contribution >= 4 is 17.8 Å². The average molecular weight is 259 g/mol. The highest BCUT2D eigenvalue weighted by Gasteiger charge is 2.21. The Labute approximate surface area is 106 Å². The number of carboxylic acids is 1. The monoisotopic (exact) mass is 259 g/mol. The van der Waals surface area contributed by atoms with E-state index in [9.17, 15) is 14.4 Å². The molecule has 0 heterocycles. The zero-order valence-electron chi connectivity index (χ0n) is 10.9. The molecule has 0 radical (unpaired) electrons. The molecule has 7 heteroatoms. The Balaban J connectivity index is 3.81. The van der Waals surface area contributed by atoms with E-state index < -0.39 is 12.0 Å². The lowest BCUT2D eigenvalue weighted by Crippen LogP contribution is -2.46. The summed E-state index contributed by atoms with van der Waals surface area (Å²) in [7, 11) is 0. The Morgan fingerprint density at radius 2 is 1.67 bits per heavy atom. The van der Waals surface area contributed by atoms with Crippen LogP contribution in [-0.2, 0) is 14.4 Å². The molecule has 2 amide bonds. The van der Waals surface area contributed by atoms with E-state index in [1.165, 1.54) is 6.92 Å². The minimum atomic E-state index is -0.976. The van der Waals surface area contributed by atoms with Gasteiger partial charge in [-0.3, -0.25) is 19.7 Å². The van der Waals surface area contributed by atoms with Crippen molar-refractivity contribution in [2.45, 2.75) is 26.8 Å². The smallest absolute Gasteiger partial charge is 0.320 e. The quantitative estimate of drug-likeness (QED) is 0.415. The van der Waals surface area contributed by atoms with Gasteiger partial charge in [0.1, 0.15) is 6.04 Å². The fourth-order valence-corrected chi connectivity index (χ4v) is 1.31. The van der Waals surface area contributed by atoms with Crippen LogP contribution >= 0.6 is 0 Å². The van der Waals surface area contributed by atoms with Gasteiger partial charge in [-0.05, 0) is 5.92 Å². The van der Waals surface area contributed by atoms with Crippen LogP contribution in [0, 0.1) is 5.92 Å². The summed E-state index contributed by atoms with van der Waals surface area (Å²) in [4.78, 5) is 32.8. The second kappa shape index (κ2) is 8.46. The molecule has 0 saturated heterocycles. The largest absolute Gasteiger partial charge is 0.480 e. The van der Waals surface area contributed by atoms with Crippen molar-refractivity contribution < 1.29 is 19.5 Å². The van der Waals surface area contributed by atoms with Gasteiger partial charge in [-0.2, -0.15) is 0 Å². The Kier molecular flexibility index (Phi) is 7.69. The number of rotatable bonds is 8. The maximum Gasteiger partial charge on any atom is 0.320 e. The number of carbonyl (C=O) groups is 3. The molecule has 18 heavy (non-hydrogen) atoms. The summed E-state index contributed by atoms with van der Waals surface area (Å²) in [5.41, 5.74) is 0. The maximum atomic E-state index is 11.4. The molecule has 0 aromatic rings. The van der Waals surface area contributed by atoms with Gasteiger partial charge >= 0.3 is 5.97 Å². The molecule has 0 aliphatic carbocycles. The number of aliphatic carboxylic acids is 1. The van der Waals surface area contributed by atoms with E-state index in [-0.39, 0.29) is 24.3 Å². The summed E-state index contributed by atoms with van der Waals surface area (Å²) in [6, 6.07) is -0.744. The number of nitrogens with one attached hydrogen (secondary N) is 3. The van der Waals surface area contributed by atoms with Crippen LogP contribution in [0.4, 0.5) is 0 Å². The predicted octanol–water partition coefficient (Wildman–Crippen LogP) is -1.06. The Hall–Kier alpha value is -1.63. The molecule has 1 unspecified atom stereocenters. The van der Waals surface area contributed by atoms with Gasteiger partial charge in [0.15, 0.2) is 0 Å². The van der Waals surface area contributed by atoms with Crippen molar-refractivity contribution in [2.75, 3.05) is 19.6 Å². The SMILES string of the molecule is CC(=O)NCCNC(=O)CNC(C(=O)O)C(C)C. The van der Waals surface area contributed by atoms with Gasteiger partial charge in [0.25, 0.3) is 0 Å². The molecule has 104 valence electrons. The second-order valence-electron chi connectivity index (χ2n) is 4.27. The Morgan fingerprint density at radius 3 is 2.11 bits per heavy atom. The van der Waals surface area contributed by atoms with Gasteiger partial charge in [-0.1, -0.05) is 13.8 Å². The highest BCUT2D eigenvalue weighted by molar-refractivity contribution is 5.80. The second-order valence-corrected chi connectivity index (χ2v) is 4.27. The first-order valence-corrected chi connectivity index (χ1v) is 5.82. The van der Waals surface area contributed by atoms with Crippen molar-refractivity contribution in [1.82, 2.24) is 16.0 Å². The molecule has 0 aromatic carbocycles. The van der Waals surface area contributed by atoms with Crippen LogP contribution in [0.3, 0.4) is 0 Å². The average Bonchev–Trinajstić information content (AvgIpc) is 2.23. The minimum absolute atomic E-state index is 0.0603. The van der Waals surface area contributed by atoms with Crippen LogP contribution < -0.4 is 16.0 Å².